The predicted octanol–water partition coefficient (Wildman–Crippen LogP) is 0.961. The van der Waals surface area contributed by atoms with Crippen LogP contribution in [0.4, 0.5) is 0 Å². The predicted molar refractivity (Wildman–Crippen MR) is 35.9 cm³/mol. The lowest BCUT2D eigenvalue weighted by molar-refractivity contribution is 0.320. The van der Waals surface area contributed by atoms with Crippen LogP contribution in [-0.2, 0) is 0 Å². The summed E-state index contributed by atoms with van der Waals surface area (Å²) in [6.45, 7) is 3.85. The normalized spacial score (nSPS) is 10.8. The number of nitroso groups, excluding NO2 is 1. The zero-order valence-electron chi connectivity index (χ0n) is 5.70. The Morgan fingerprint density at radius 2 is 2.22 bits per heavy atom. The Kier molecular flexibility index (Phi) is 4.17. The summed E-state index contributed by atoms with van der Waals surface area (Å²) >= 11 is 0. The molecule has 0 saturated heterocycles. The van der Waals surface area contributed by atoms with Gasteiger partial charge in [0.05, 0.1) is 6.54 Å². The van der Waals surface area contributed by atoms with Crippen LogP contribution in [0.2, 0.25) is 0 Å². The molecule has 0 N–H and O–H groups in total. The monoisotopic (exact) mass is 131 g/mol. The van der Waals surface area contributed by atoms with Gasteiger partial charge in [0.2, 0.25) is 0 Å². The summed E-state index contributed by atoms with van der Waals surface area (Å²) in [7, 11) is 0. The molecule has 0 spiro atoms. The molecule has 0 saturated carbocycles. The maximum Gasteiger partial charge on any atom is 0.0928 e. The van der Waals surface area contributed by atoms with Gasteiger partial charge in [0.25, 0.3) is 0 Å². The van der Waals surface area contributed by atoms with E-state index in [0.29, 0.717) is 0 Å². The van der Waals surface area contributed by atoms with Crippen LogP contribution in [0.3, 0.4) is 0 Å². The van der Waals surface area contributed by atoms with Crippen LogP contribution in [0.1, 0.15) is 13.8 Å². The van der Waals surface area contributed by atoms with Crippen LogP contribution in [0, 0.1) is 10.1 Å². The van der Waals surface area contributed by atoms with E-state index < -0.39 is 0 Å². The van der Waals surface area contributed by atoms with Crippen LogP contribution >= 0.6 is 0 Å². The summed E-state index contributed by atoms with van der Waals surface area (Å²) in [6, 6.07) is -0.0493. The van der Waals surface area contributed by atoms with E-state index in [2.05, 4.69) is 5.18 Å². The van der Waals surface area contributed by atoms with Crippen LogP contribution in [0.5, 0.6) is 0 Å². The average molecular weight is 131 g/mol. The highest BCUT2D eigenvalue weighted by Gasteiger charge is 1.94. The fourth-order valence-corrected chi connectivity index (χ4v) is 0.398. The van der Waals surface area contributed by atoms with Crippen LogP contribution < -0.4 is 0 Å². The van der Waals surface area contributed by atoms with Gasteiger partial charge in [-0.1, -0.05) is 19.0 Å². The molecular weight excluding hydrogens is 120 g/mol. The minimum absolute atomic E-state index is 0.0493. The number of hydroxylamine groups is 2. The van der Waals surface area contributed by atoms with Gasteiger partial charge >= 0.3 is 0 Å². The van der Waals surface area contributed by atoms with Crippen molar-refractivity contribution >= 4 is 0 Å². The molecule has 4 nitrogen and oxygen atoms in total. The van der Waals surface area contributed by atoms with E-state index in [4.69, 9.17) is 0 Å². The van der Waals surface area contributed by atoms with E-state index in [1.54, 1.807) is 13.8 Å². The van der Waals surface area contributed by atoms with Crippen molar-refractivity contribution in [1.82, 2.24) is 5.06 Å². The molecule has 0 amide bonds. The van der Waals surface area contributed by atoms with Gasteiger partial charge in [0.1, 0.15) is 0 Å². The van der Waals surface area contributed by atoms with Crippen molar-refractivity contribution in [2.24, 2.45) is 5.18 Å². The smallest absolute Gasteiger partial charge is 0.0928 e. The highest BCUT2D eigenvalue weighted by atomic mass is 16.5. The Bertz CT molecular complexity index is 85.0. The van der Waals surface area contributed by atoms with Crippen molar-refractivity contribution in [3.05, 3.63) is 10.1 Å². The number of rotatable bonds is 4. The van der Waals surface area contributed by atoms with Crippen LogP contribution in [0.25, 0.3) is 0 Å². The van der Waals surface area contributed by atoms with Gasteiger partial charge < -0.3 is 10.3 Å². The summed E-state index contributed by atoms with van der Waals surface area (Å²) in [5.41, 5.74) is 0. The highest BCUT2D eigenvalue weighted by Crippen LogP contribution is 1.92. The van der Waals surface area contributed by atoms with Gasteiger partial charge in [0, 0.05) is 6.54 Å². The summed E-state index contributed by atoms with van der Waals surface area (Å²) in [5.74, 6) is 0. The molecule has 54 valence electrons. The minimum Gasteiger partial charge on any atom is -0.785 e. The third-order valence-corrected chi connectivity index (χ3v) is 0.988. The van der Waals surface area contributed by atoms with Crippen LogP contribution in [0.15, 0.2) is 5.18 Å². The summed E-state index contributed by atoms with van der Waals surface area (Å²) in [5, 5.41) is 14.0. The molecule has 0 atom stereocenters. The van der Waals surface area contributed by atoms with Crippen molar-refractivity contribution in [3.8, 4) is 0 Å². The van der Waals surface area contributed by atoms with Crippen molar-refractivity contribution in [2.45, 2.75) is 19.9 Å². The SMILES string of the molecule is CC(C)N([O-])CCN=O. The Hall–Kier alpha value is -0.480. The molecule has 0 rings (SSSR count). The maximum absolute atomic E-state index is 10.6. The average Bonchev–Trinajstić information content (AvgIpc) is 1.82. The molecule has 0 aromatic carbocycles. The summed E-state index contributed by atoms with van der Waals surface area (Å²) in [4.78, 5) is 9.52. The molecule has 0 unspecified atom stereocenters. The zero-order valence-corrected chi connectivity index (χ0v) is 5.70. The first kappa shape index (κ1) is 8.52. The fourth-order valence-electron chi connectivity index (χ4n) is 0.398. The summed E-state index contributed by atoms with van der Waals surface area (Å²) in [6.07, 6.45) is 0. The van der Waals surface area contributed by atoms with E-state index >= 15 is 0 Å². The van der Waals surface area contributed by atoms with Crippen molar-refractivity contribution in [1.29, 1.82) is 0 Å². The Morgan fingerprint density at radius 3 is 2.56 bits per heavy atom. The number of hydrogen-bond donors (Lipinski definition) is 0. The first-order valence-corrected chi connectivity index (χ1v) is 2.91. The highest BCUT2D eigenvalue weighted by molar-refractivity contribution is 4.62. The van der Waals surface area contributed by atoms with E-state index in [-0.39, 0.29) is 19.1 Å². The maximum atomic E-state index is 10.6. The number of nitrogens with zero attached hydrogens (tertiary/aromatic N) is 2. The lowest BCUT2D eigenvalue weighted by Gasteiger charge is -2.31. The Morgan fingerprint density at radius 1 is 1.67 bits per heavy atom. The van der Waals surface area contributed by atoms with E-state index in [1.807, 2.05) is 0 Å². The number of hydrogen-bond acceptors (Lipinski definition) is 4. The van der Waals surface area contributed by atoms with Crippen LogP contribution in [-0.4, -0.2) is 24.2 Å². The second kappa shape index (κ2) is 4.40. The Balaban J connectivity index is 3.26. The van der Waals surface area contributed by atoms with Crippen molar-refractivity contribution < 1.29 is 0 Å². The lowest BCUT2D eigenvalue weighted by atomic mass is 10.4. The zero-order chi connectivity index (χ0) is 7.28. The van der Waals surface area contributed by atoms with Gasteiger partial charge in [-0.05, 0) is 6.04 Å². The molecular formula is C5H11N2O2-. The molecule has 0 aromatic heterocycles. The van der Waals surface area contributed by atoms with Gasteiger partial charge in [0.15, 0.2) is 0 Å². The molecule has 9 heavy (non-hydrogen) atoms. The third-order valence-electron chi connectivity index (χ3n) is 0.988. The molecule has 0 aliphatic heterocycles. The second-order valence-corrected chi connectivity index (χ2v) is 2.09. The largest absolute Gasteiger partial charge is 0.785 e. The van der Waals surface area contributed by atoms with Gasteiger partial charge in [-0.15, -0.1) is 0 Å². The Labute approximate surface area is 54.4 Å². The lowest BCUT2D eigenvalue weighted by Crippen LogP contribution is -2.26. The van der Waals surface area contributed by atoms with Gasteiger partial charge in [-0.25, -0.2) is 0 Å². The molecule has 0 aromatic rings. The third kappa shape index (κ3) is 4.05. The van der Waals surface area contributed by atoms with Crippen molar-refractivity contribution in [2.75, 3.05) is 13.1 Å². The molecule has 0 aliphatic carbocycles. The standard InChI is InChI=1S/C5H11N2O2/c1-5(2)7(9)4-3-6-8/h5H,3-4H2,1-2H3/q-1. The molecule has 4 heteroatoms. The fraction of sp³-hybridized carbons (Fsp3) is 1.00. The minimum atomic E-state index is -0.0493. The van der Waals surface area contributed by atoms with E-state index in [1.165, 1.54) is 0 Å². The van der Waals surface area contributed by atoms with E-state index in [9.17, 15) is 10.1 Å². The first-order chi connectivity index (χ1) is 4.18. The molecule has 0 aliphatic rings. The van der Waals surface area contributed by atoms with Gasteiger partial charge in [-0.2, -0.15) is 4.91 Å². The molecule has 0 heterocycles. The van der Waals surface area contributed by atoms with Crippen molar-refractivity contribution in [3.63, 3.8) is 0 Å². The summed E-state index contributed by atoms with van der Waals surface area (Å²) < 4.78 is 0. The second-order valence-electron chi connectivity index (χ2n) is 2.09. The molecule has 0 fully saturated rings. The topological polar surface area (TPSA) is 55.7 Å². The first-order valence-electron chi connectivity index (χ1n) is 2.91. The molecule has 0 radical (unpaired) electrons. The quantitative estimate of drug-likeness (QED) is 0.421. The van der Waals surface area contributed by atoms with Gasteiger partial charge in [-0.3, -0.25) is 0 Å². The molecule has 0 bridgehead atoms. The van der Waals surface area contributed by atoms with E-state index in [0.717, 1.165) is 5.06 Å².